The maximum Gasteiger partial charge on any atom is 0.338 e. The summed E-state index contributed by atoms with van der Waals surface area (Å²) in [6.07, 6.45) is 1.54. The molecule has 1 atom stereocenters. The van der Waals surface area contributed by atoms with Crippen molar-refractivity contribution < 1.29 is 27.2 Å². The molecule has 2 aromatic rings. The van der Waals surface area contributed by atoms with E-state index in [2.05, 4.69) is 9.88 Å². The minimum absolute atomic E-state index is 0.0125. The van der Waals surface area contributed by atoms with Crippen molar-refractivity contribution in [2.75, 3.05) is 13.2 Å². The maximum atomic E-state index is 12.5. The number of hydrogen-bond donors (Lipinski definition) is 1. The van der Waals surface area contributed by atoms with Gasteiger partial charge in [-0.3, -0.25) is 0 Å². The molecule has 0 aliphatic carbocycles. The van der Waals surface area contributed by atoms with Gasteiger partial charge in [-0.2, -0.15) is 0 Å². The second-order valence-electron chi connectivity index (χ2n) is 6.14. The van der Waals surface area contributed by atoms with E-state index in [9.17, 15) is 13.2 Å². The van der Waals surface area contributed by atoms with Crippen molar-refractivity contribution in [2.24, 2.45) is 0 Å². The standard InChI is InChI=1S/C17H19ClN2O6S/c1-11-7-13(20-26-11)10-25-17(21)12-4-5-15(18)16(8-12)27(22,23)19-9-14-3-2-6-24-14/h4-5,7-8,14,19H,2-3,6,9-10H2,1H3. The molecule has 0 radical (unpaired) electrons. The Hall–Kier alpha value is -1.94. The Morgan fingerprint density at radius 1 is 1.41 bits per heavy atom. The van der Waals surface area contributed by atoms with Crippen molar-refractivity contribution in [1.82, 2.24) is 9.88 Å². The third-order valence-corrected chi connectivity index (χ3v) is 5.91. The lowest BCUT2D eigenvalue weighted by Gasteiger charge is -2.13. The fourth-order valence-corrected chi connectivity index (χ4v) is 4.22. The molecular weight excluding hydrogens is 396 g/mol. The Morgan fingerprint density at radius 3 is 2.89 bits per heavy atom. The summed E-state index contributed by atoms with van der Waals surface area (Å²) in [6, 6.07) is 5.58. The smallest absolute Gasteiger partial charge is 0.338 e. The highest BCUT2D eigenvalue weighted by molar-refractivity contribution is 7.89. The van der Waals surface area contributed by atoms with Crippen LogP contribution in [0.3, 0.4) is 0 Å². The molecule has 10 heteroatoms. The monoisotopic (exact) mass is 414 g/mol. The first-order valence-electron chi connectivity index (χ1n) is 8.35. The molecular formula is C17H19ClN2O6S. The first-order chi connectivity index (χ1) is 12.8. The molecule has 1 aliphatic heterocycles. The molecule has 0 bridgehead atoms. The van der Waals surface area contributed by atoms with Gasteiger partial charge in [0.2, 0.25) is 10.0 Å². The molecule has 1 saturated heterocycles. The van der Waals surface area contributed by atoms with Crippen LogP contribution < -0.4 is 4.72 Å². The van der Waals surface area contributed by atoms with Gasteiger partial charge in [-0.25, -0.2) is 17.9 Å². The molecule has 1 aliphatic rings. The van der Waals surface area contributed by atoms with Gasteiger partial charge in [-0.15, -0.1) is 0 Å². The molecule has 1 fully saturated rings. The van der Waals surface area contributed by atoms with Crippen LogP contribution in [0.1, 0.15) is 34.7 Å². The summed E-state index contributed by atoms with van der Waals surface area (Å²) in [5.74, 6) is -0.0962. The van der Waals surface area contributed by atoms with E-state index in [4.69, 9.17) is 25.6 Å². The number of aromatic nitrogens is 1. The zero-order valence-corrected chi connectivity index (χ0v) is 16.2. The van der Waals surface area contributed by atoms with Gasteiger partial charge in [0.25, 0.3) is 0 Å². The Bertz CT molecular complexity index is 921. The van der Waals surface area contributed by atoms with Crippen LogP contribution in [0, 0.1) is 6.92 Å². The number of esters is 1. The predicted octanol–water partition coefficient (Wildman–Crippen LogP) is 2.45. The number of sulfonamides is 1. The van der Waals surface area contributed by atoms with E-state index in [0.29, 0.717) is 18.1 Å². The van der Waals surface area contributed by atoms with Gasteiger partial charge in [-0.05, 0) is 38.0 Å². The molecule has 2 heterocycles. The lowest BCUT2D eigenvalue weighted by Crippen LogP contribution is -2.32. The van der Waals surface area contributed by atoms with Crippen LogP contribution in [0.25, 0.3) is 0 Å². The Kier molecular flexibility index (Phi) is 6.15. The third kappa shape index (κ3) is 5.07. The van der Waals surface area contributed by atoms with Crippen molar-refractivity contribution in [3.63, 3.8) is 0 Å². The lowest BCUT2D eigenvalue weighted by atomic mass is 10.2. The van der Waals surface area contributed by atoms with E-state index < -0.39 is 16.0 Å². The third-order valence-electron chi connectivity index (χ3n) is 4.01. The van der Waals surface area contributed by atoms with Crippen LogP contribution in [0.2, 0.25) is 5.02 Å². The van der Waals surface area contributed by atoms with E-state index >= 15 is 0 Å². The number of rotatable bonds is 7. The molecule has 1 unspecified atom stereocenters. The molecule has 146 valence electrons. The number of aryl methyl sites for hydroxylation is 1. The summed E-state index contributed by atoms with van der Waals surface area (Å²) in [5.41, 5.74) is 0.526. The fourth-order valence-electron chi connectivity index (χ4n) is 2.63. The van der Waals surface area contributed by atoms with Gasteiger partial charge in [0.15, 0.2) is 0 Å². The van der Waals surface area contributed by atoms with Crippen LogP contribution in [0.15, 0.2) is 33.7 Å². The molecule has 1 aromatic heterocycles. The van der Waals surface area contributed by atoms with Crippen molar-refractivity contribution in [1.29, 1.82) is 0 Å². The average molecular weight is 415 g/mol. The minimum Gasteiger partial charge on any atom is -0.455 e. The number of hydrogen-bond acceptors (Lipinski definition) is 7. The number of carbonyl (C=O) groups excluding carboxylic acids is 1. The van der Waals surface area contributed by atoms with Gasteiger partial charge in [0.05, 0.1) is 16.7 Å². The van der Waals surface area contributed by atoms with E-state index in [1.54, 1.807) is 13.0 Å². The lowest BCUT2D eigenvalue weighted by molar-refractivity contribution is 0.0464. The van der Waals surface area contributed by atoms with Crippen molar-refractivity contribution in [3.05, 3.63) is 46.3 Å². The largest absolute Gasteiger partial charge is 0.455 e. The van der Waals surface area contributed by atoms with Crippen LogP contribution >= 0.6 is 11.6 Å². The SMILES string of the molecule is Cc1cc(COC(=O)c2ccc(Cl)c(S(=O)(=O)NCC3CCCO3)c2)no1. The van der Waals surface area contributed by atoms with Crippen LogP contribution in [0.5, 0.6) is 0 Å². The minimum atomic E-state index is -3.90. The second kappa shape index (κ2) is 8.39. The first kappa shape index (κ1) is 19.8. The maximum absolute atomic E-state index is 12.5. The first-order valence-corrected chi connectivity index (χ1v) is 10.2. The highest BCUT2D eigenvalue weighted by atomic mass is 35.5. The highest BCUT2D eigenvalue weighted by Gasteiger charge is 2.23. The van der Waals surface area contributed by atoms with Crippen LogP contribution in [-0.2, 0) is 26.1 Å². The second-order valence-corrected chi connectivity index (χ2v) is 8.28. The van der Waals surface area contributed by atoms with Crippen LogP contribution in [-0.4, -0.2) is 38.8 Å². The van der Waals surface area contributed by atoms with E-state index in [1.807, 2.05) is 0 Å². The molecule has 1 N–H and O–H groups in total. The molecule has 27 heavy (non-hydrogen) atoms. The van der Waals surface area contributed by atoms with Crippen molar-refractivity contribution >= 4 is 27.6 Å². The molecule has 0 spiro atoms. The van der Waals surface area contributed by atoms with Crippen LogP contribution in [0.4, 0.5) is 0 Å². The number of carbonyl (C=O) groups is 1. The van der Waals surface area contributed by atoms with Crippen molar-refractivity contribution in [3.8, 4) is 0 Å². The molecule has 1 aromatic carbocycles. The Morgan fingerprint density at radius 2 is 2.22 bits per heavy atom. The molecule has 0 saturated carbocycles. The normalized spacial score (nSPS) is 17.2. The Labute approximate surface area is 161 Å². The Balaban J connectivity index is 1.69. The topological polar surface area (TPSA) is 108 Å². The summed E-state index contributed by atoms with van der Waals surface area (Å²) >= 11 is 6.03. The number of nitrogens with zero attached hydrogens (tertiary/aromatic N) is 1. The van der Waals surface area contributed by atoms with Gasteiger partial charge in [0, 0.05) is 19.2 Å². The average Bonchev–Trinajstić information content (AvgIpc) is 3.30. The zero-order chi connectivity index (χ0) is 19.4. The number of benzene rings is 1. The van der Waals surface area contributed by atoms with E-state index in [1.165, 1.54) is 18.2 Å². The quantitative estimate of drug-likeness (QED) is 0.693. The number of ether oxygens (including phenoxy) is 2. The zero-order valence-electron chi connectivity index (χ0n) is 14.6. The van der Waals surface area contributed by atoms with Crippen molar-refractivity contribution in [2.45, 2.75) is 37.4 Å². The summed E-state index contributed by atoms with van der Waals surface area (Å²) < 4.78 is 43.0. The summed E-state index contributed by atoms with van der Waals surface area (Å²) in [4.78, 5) is 12.0. The van der Waals surface area contributed by atoms with Gasteiger partial charge in [0.1, 0.15) is 23.0 Å². The highest BCUT2D eigenvalue weighted by Crippen LogP contribution is 2.23. The number of nitrogens with one attached hydrogen (secondary N) is 1. The summed E-state index contributed by atoms with van der Waals surface area (Å²) in [7, 11) is -3.90. The molecule has 3 rings (SSSR count). The summed E-state index contributed by atoms with van der Waals surface area (Å²) in [5, 5.41) is 3.74. The van der Waals surface area contributed by atoms with E-state index in [0.717, 1.165) is 12.8 Å². The predicted molar refractivity (Wildman–Crippen MR) is 96.0 cm³/mol. The van der Waals surface area contributed by atoms with E-state index in [-0.39, 0.29) is 34.7 Å². The molecule has 8 nitrogen and oxygen atoms in total. The molecule has 0 amide bonds. The van der Waals surface area contributed by atoms with Gasteiger partial charge >= 0.3 is 5.97 Å². The number of halogens is 1. The van der Waals surface area contributed by atoms with Gasteiger partial charge < -0.3 is 14.0 Å². The van der Waals surface area contributed by atoms with Gasteiger partial charge in [-0.1, -0.05) is 16.8 Å². The fraction of sp³-hybridized carbons (Fsp3) is 0.412. The summed E-state index contributed by atoms with van der Waals surface area (Å²) in [6.45, 7) is 2.41.